The van der Waals surface area contributed by atoms with Crippen molar-refractivity contribution in [1.29, 1.82) is 0 Å². The molecule has 1 fully saturated rings. The van der Waals surface area contributed by atoms with Gasteiger partial charge in [0.05, 0.1) is 0 Å². The molecule has 7 heavy (non-hydrogen) atoms. The Morgan fingerprint density at radius 1 is 1.71 bits per heavy atom. The molecule has 0 aromatic rings. The van der Waals surface area contributed by atoms with Gasteiger partial charge in [0.2, 0.25) is 5.91 Å². The van der Waals surface area contributed by atoms with E-state index in [4.69, 9.17) is 0 Å². The molecule has 2 nitrogen and oxygen atoms in total. The maximum atomic E-state index is 9.79. The summed E-state index contributed by atoms with van der Waals surface area (Å²) in [4.78, 5) is 9.79. The van der Waals surface area contributed by atoms with E-state index in [2.05, 4.69) is 13.9 Å². The summed E-state index contributed by atoms with van der Waals surface area (Å²) in [6.07, 6.45) is 0.736. The molecule has 0 spiro atoms. The van der Waals surface area contributed by atoms with Crippen molar-refractivity contribution in [2.75, 3.05) is 6.54 Å². The fraction of sp³-hybridized carbons (Fsp3) is 0.667. The van der Waals surface area contributed by atoms with E-state index in [0.29, 0.717) is 24.0 Å². The zero-order valence-corrected chi connectivity index (χ0v) is 10.3. The van der Waals surface area contributed by atoms with Crippen LogP contribution >= 0.6 is 8.58 Å². The van der Waals surface area contributed by atoms with E-state index < -0.39 is 0 Å². The molecule has 1 aliphatic heterocycles. The molecular weight excluding hydrogens is 299 g/mol. The van der Waals surface area contributed by atoms with Crippen molar-refractivity contribution in [3.05, 3.63) is 0 Å². The van der Waals surface area contributed by atoms with Crippen LogP contribution in [0, 0.1) is 0 Å². The third-order valence-electron chi connectivity index (χ3n) is 0.674. The number of amides is 1. The second-order valence-corrected chi connectivity index (χ2v) is 1.10. The molecule has 0 unspecified atom stereocenters. The maximum absolute atomic E-state index is 9.79. The third-order valence-corrected chi connectivity index (χ3v) is 0.674. The summed E-state index contributed by atoms with van der Waals surface area (Å²) < 4.78 is 0. The molecule has 0 bridgehead atoms. The van der Waals surface area contributed by atoms with Gasteiger partial charge in [0.15, 0.2) is 0 Å². The Labute approximate surface area is 61.4 Å². The fourth-order valence-corrected chi connectivity index (χ4v) is 0.227. The van der Waals surface area contributed by atoms with Crippen LogP contribution in [0.25, 0.3) is 0 Å². The van der Waals surface area contributed by atoms with Crippen molar-refractivity contribution in [3.8, 4) is 0 Å². The van der Waals surface area contributed by atoms with Crippen LogP contribution in [-0.2, 0) is 28.8 Å². The number of β-lactam (4-membered cyclic amide) rings is 1. The number of hydrogen-bond acceptors (Lipinski definition) is 2. The van der Waals surface area contributed by atoms with Gasteiger partial charge < -0.3 is 5.32 Å². The predicted octanol–water partition coefficient (Wildman–Crippen LogP) is 0.152. The van der Waals surface area contributed by atoms with Crippen LogP contribution < -0.4 is 5.32 Å². The van der Waals surface area contributed by atoms with Crippen molar-refractivity contribution in [2.45, 2.75) is 6.42 Å². The Morgan fingerprint density at radius 3 is 2.00 bits per heavy atom. The van der Waals surface area contributed by atoms with Crippen LogP contribution in [0.4, 0.5) is 0 Å². The van der Waals surface area contributed by atoms with Gasteiger partial charge in [0, 0.05) is 13.0 Å². The van der Waals surface area contributed by atoms with Crippen LogP contribution in [-0.4, -0.2) is 12.5 Å². The minimum absolute atomic E-state index is 0.185. The average Bonchev–Trinajstić information content (AvgIpc) is 1.68. The third kappa shape index (κ3) is 3.23. The summed E-state index contributed by atoms with van der Waals surface area (Å²) in [7, 11) is 4.28. The number of nitrogens with one attached hydrogen (secondary N) is 1. The number of hydrogen-bond donors (Lipinski definition) is 1. The zero-order valence-electron chi connectivity index (χ0n) is 3.94. The van der Waals surface area contributed by atoms with E-state index in [1.54, 1.807) is 0 Å². The molecule has 0 atom stereocenters. The number of carbonyl (C=O) groups is 1. The molecule has 0 radical (unpaired) electrons. The minimum atomic E-state index is 0.185. The molecular formula is C3H5HgNOS. The van der Waals surface area contributed by atoms with Crippen LogP contribution in [0.2, 0.25) is 0 Å². The van der Waals surface area contributed by atoms with Crippen molar-refractivity contribution in [2.24, 2.45) is 0 Å². The molecule has 1 N–H and O–H groups in total. The van der Waals surface area contributed by atoms with E-state index >= 15 is 0 Å². The summed E-state index contributed by atoms with van der Waals surface area (Å²) in [6.45, 7) is 0.888. The standard InChI is InChI=1S/C3H5NO.Hg.S/c5-3-1-2-4-3;;/h1-2H2,(H,4,5);;. The van der Waals surface area contributed by atoms with Crippen molar-refractivity contribution in [3.63, 3.8) is 0 Å². The molecule has 0 aromatic carbocycles. The second kappa shape index (κ2) is 4.78. The molecule has 1 rings (SSSR count). The van der Waals surface area contributed by atoms with Gasteiger partial charge in [-0.25, -0.2) is 0 Å². The van der Waals surface area contributed by atoms with Crippen LogP contribution in [0.1, 0.15) is 6.42 Å². The molecule has 36 valence electrons. The quantitative estimate of drug-likeness (QED) is 0.510. The average molecular weight is 304 g/mol. The molecule has 1 amide bonds. The molecule has 0 aliphatic carbocycles. The molecule has 1 aliphatic rings. The van der Waals surface area contributed by atoms with Gasteiger partial charge in [0.1, 0.15) is 0 Å². The van der Waals surface area contributed by atoms with Gasteiger partial charge >= 0.3 is 32.6 Å². The molecule has 1 heterocycles. The summed E-state index contributed by atoms with van der Waals surface area (Å²) in [5, 5.41) is 2.57. The van der Waals surface area contributed by atoms with Crippen molar-refractivity contribution < 1.29 is 28.8 Å². The van der Waals surface area contributed by atoms with Crippen LogP contribution in [0.3, 0.4) is 0 Å². The number of rotatable bonds is 0. The molecule has 1 saturated heterocycles. The van der Waals surface area contributed by atoms with E-state index in [0.717, 1.165) is 13.0 Å². The van der Waals surface area contributed by atoms with E-state index in [9.17, 15) is 4.79 Å². The SMILES string of the molecule is O=C1CCN1.[S]=[Hg]. The Bertz CT molecular complexity index is 71.3. The van der Waals surface area contributed by atoms with Crippen molar-refractivity contribution >= 4 is 14.5 Å². The summed E-state index contributed by atoms with van der Waals surface area (Å²) in [5.41, 5.74) is 0. The Kier molecular flexibility index (Phi) is 5.20. The number of carbonyl (C=O) groups excluding carboxylic acids is 1. The van der Waals surface area contributed by atoms with Crippen molar-refractivity contribution in [1.82, 2.24) is 5.32 Å². The van der Waals surface area contributed by atoms with E-state index in [-0.39, 0.29) is 5.91 Å². The first-order valence-corrected chi connectivity index (χ1v) is 9.26. The van der Waals surface area contributed by atoms with E-state index in [1.165, 1.54) is 0 Å². The van der Waals surface area contributed by atoms with Gasteiger partial charge in [-0.2, -0.15) is 0 Å². The predicted molar refractivity (Wildman–Crippen MR) is 25.2 cm³/mol. The first kappa shape index (κ1) is 7.63. The monoisotopic (exact) mass is 305 g/mol. The first-order valence-electron chi connectivity index (χ1n) is 1.95. The Hall–Kier alpha value is 0.625. The zero-order chi connectivity index (χ0) is 5.70. The molecule has 4 heteroatoms. The van der Waals surface area contributed by atoms with Gasteiger partial charge in [-0.3, -0.25) is 4.79 Å². The van der Waals surface area contributed by atoms with Gasteiger partial charge in [-0.15, -0.1) is 0 Å². The van der Waals surface area contributed by atoms with Gasteiger partial charge in [-0.05, 0) is 0 Å². The van der Waals surface area contributed by atoms with Crippen LogP contribution in [0.15, 0.2) is 0 Å². The summed E-state index contributed by atoms with van der Waals surface area (Å²) >= 11 is 0.611. The topological polar surface area (TPSA) is 29.1 Å². The van der Waals surface area contributed by atoms with Gasteiger partial charge in [-0.1, -0.05) is 0 Å². The van der Waals surface area contributed by atoms with Gasteiger partial charge in [0.25, 0.3) is 0 Å². The normalized spacial score (nSPS) is 15.4. The molecule has 0 aromatic heterocycles. The molecule has 0 saturated carbocycles. The first-order chi connectivity index (χ1) is 3.39. The summed E-state index contributed by atoms with van der Waals surface area (Å²) in [5.74, 6) is 0.185. The van der Waals surface area contributed by atoms with Crippen LogP contribution in [0.5, 0.6) is 0 Å². The van der Waals surface area contributed by atoms with E-state index in [1.807, 2.05) is 0 Å². The Morgan fingerprint density at radius 2 is 2.00 bits per heavy atom. The fourth-order valence-electron chi connectivity index (χ4n) is 0.227. The summed E-state index contributed by atoms with van der Waals surface area (Å²) in [6, 6.07) is 0. The Balaban J connectivity index is 0.000000162. The second-order valence-electron chi connectivity index (χ2n) is 1.10.